The van der Waals surface area contributed by atoms with Gasteiger partial charge in [0.25, 0.3) is 0 Å². The summed E-state index contributed by atoms with van der Waals surface area (Å²) in [5.41, 5.74) is 2.52. The first-order valence-electron chi connectivity index (χ1n) is 5.40. The van der Waals surface area contributed by atoms with Crippen LogP contribution in [0, 0.1) is 0 Å². The molecule has 0 saturated heterocycles. The second-order valence-corrected chi connectivity index (χ2v) is 4.95. The summed E-state index contributed by atoms with van der Waals surface area (Å²) in [6.45, 7) is 0. The molecule has 0 saturated carbocycles. The van der Waals surface area contributed by atoms with Gasteiger partial charge in [0.15, 0.2) is 0 Å². The molecule has 3 aromatic rings. The van der Waals surface area contributed by atoms with Crippen LogP contribution in [0.2, 0.25) is 10.0 Å². The zero-order chi connectivity index (χ0) is 12.7. The number of rotatable bonds is 1. The molecule has 0 radical (unpaired) electrons. The van der Waals surface area contributed by atoms with Crippen LogP contribution < -0.4 is 0 Å². The molecule has 2 N–H and O–H groups in total. The third-order valence-corrected chi connectivity index (χ3v) is 3.30. The first kappa shape index (κ1) is 11.5. The predicted octanol–water partition coefficient (Wildman–Crippen LogP) is 4.85. The highest BCUT2D eigenvalue weighted by molar-refractivity contribution is 6.31. The van der Waals surface area contributed by atoms with E-state index in [1.54, 1.807) is 12.1 Å². The van der Waals surface area contributed by atoms with Crippen molar-refractivity contribution in [3.05, 3.63) is 52.5 Å². The summed E-state index contributed by atoms with van der Waals surface area (Å²) >= 11 is 11.8. The summed E-state index contributed by atoms with van der Waals surface area (Å²) in [5.74, 6) is 0.153. The van der Waals surface area contributed by atoms with E-state index in [9.17, 15) is 5.11 Å². The standard InChI is InChI=1S/C14H9Cl2NO/c15-9-2-4-12-8(5-9)6-13(17-12)11-3-1-10(16)7-14(11)18/h1-7,17-18H. The molecule has 2 aromatic carbocycles. The molecule has 0 amide bonds. The van der Waals surface area contributed by atoms with Crippen LogP contribution in [0.25, 0.3) is 22.2 Å². The van der Waals surface area contributed by atoms with Gasteiger partial charge in [0.1, 0.15) is 5.75 Å². The number of hydrogen-bond acceptors (Lipinski definition) is 1. The molecule has 18 heavy (non-hydrogen) atoms. The Balaban J connectivity index is 2.19. The minimum absolute atomic E-state index is 0.153. The van der Waals surface area contributed by atoms with E-state index < -0.39 is 0 Å². The Bertz CT molecular complexity index is 734. The normalized spacial score (nSPS) is 11.0. The molecular formula is C14H9Cl2NO. The van der Waals surface area contributed by atoms with Crippen LogP contribution >= 0.6 is 23.2 Å². The quantitative estimate of drug-likeness (QED) is 0.656. The molecule has 0 aliphatic heterocycles. The molecule has 0 spiro atoms. The van der Waals surface area contributed by atoms with Crippen LogP contribution in [-0.2, 0) is 0 Å². The van der Waals surface area contributed by atoms with Gasteiger partial charge in [0, 0.05) is 26.5 Å². The number of phenols is 1. The van der Waals surface area contributed by atoms with Gasteiger partial charge in [-0.15, -0.1) is 0 Å². The molecular weight excluding hydrogens is 269 g/mol. The zero-order valence-electron chi connectivity index (χ0n) is 9.24. The predicted molar refractivity (Wildman–Crippen MR) is 75.4 cm³/mol. The second-order valence-electron chi connectivity index (χ2n) is 4.08. The number of aromatic nitrogens is 1. The van der Waals surface area contributed by atoms with Crippen LogP contribution in [-0.4, -0.2) is 10.1 Å². The summed E-state index contributed by atoms with van der Waals surface area (Å²) in [7, 11) is 0. The van der Waals surface area contributed by atoms with Crippen molar-refractivity contribution >= 4 is 34.1 Å². The third-order valence-electron chi connectivity index (χ3n) is 2.83. The number of hydrogen-bond donors (Lipinski definition) is 2. The molecule has 1 heterocycles. The lowest BCUT2D eigenvalue weighted by Gasteiger charge is -2.01. The molecule has 90 valence electrons. The number of phenolic OH excluding ortho intramolecular Hbond substituents is 1. The highest BCUT2D eigenvalue weighted by Crippen LogP contribution is 2.33. The highest BCUT2D eigenvalue weighted by Gasteiger charge is 2.08. The van der Waals surface area contributed by atoms with E-state index in [0.717, 1.165) is 16.6 Å². The molecule has 4 heteroatoms. The van der Waals surface area contributed by atoms with Gasteiger partial charge >= 0.3 is 0 Å². The number of halogens is 2. The smallest absolute Gasteiger partial charge is 0.126 e. The number of H-pyrrole nitrogens is 1. The SMILES string of the molecule is Oc1cc(Cl)ccc1-c1cc2cc(Cl)ccc2[nH]1. The molecule has 0 aliphatic rings. The minimum atomic E-state index is 0.153. The van der Waals surface area contributed by atoms with Gasteiger partial charge in [-0.3, -0.25) is 0 Å². The van der Waals surface area contributed by atoms with Gasteiger partial charge in [0.05, 0.1) is 5.69 Å². The van der Waals surface area contributed by atoms with Crippen molar-refractivity contribution in [2.75, 3.05) is 0 Å². The summed E-state index contributed by atoms with van der Waals surface area (Å²) < 4.78 is 0. The molecule has 2 nitrogen and oxygen atoms in total. The molecule has 0 bridgehead atoms. The van der Waals surface area contributed by atoms with Crippen molar-refractivity contribution in [2.45, 2.75) is 0 Å². The molecule has 0 aliphatic carbocycles. The van der Waals surface area contributed by atoms with Crippen LogP contribution in [0.1, 0.15) is 0 Å². The van der Waals surface area contributed by atoms with E-state index in [0.29, 0.717) is 15.6 Å². The maximum absolute atomic E-state index is 9.89. The first-order valence-corrected chi connectivity index (χ1v) is 6.16. The van der Waals surface area contributed by atoms with E-state index in [-0.39, 0.29) is 5.75 Å². The average molecular weight is 278 g/mol. The fourth-order valence-electron chi connectivity index (χ4n) is 1.98. The lowest BCUT2D eigenvalue weighted by atomic mass is 10.1. The third kappa shape index (κ3) is 1.94. The lowest BCUT2D eigenvalue weighted by molar-refractivity contribution is 0.477. The van der Waals surface area contributed by atoms with Crippen LogP contribution in [0.5, 0.6) is 5.75 Å². The molecule has 0 unspecified atom stereocenters. The largest absolute Gasteiger partial charge is 0.507 e. The summed E-state index contributed by atoms with van der Waals surface area (Å²) in [4.78, 5) is 3.24. The summed E-state index contributed by atoms with van der Waals surface area (Å²) in [6, 6.07) is 12.6. The van der Waals surface area contributed by atoms with Crippen molar-refractivity contribution in [3.63, 3.8) is 0 Å². The monoisotopic (exact) mass is 277 g/mol. The van der Waals surface area contributed by atoms with E-state index in [4.69, 9.17) is 23.2 Å². The first-order chi connectivity index (χ1) is 8.63. The summed E-state index contributed by atoms with van der Waals surface area (Å²) in [6.07, 6.45) is 0. The average Bonchev–Trinajstić information content (AvgIpc) is 2.71. The van der Waals surface area contributed by atoms with E-state index >= 15 is 0 Å². The van der Waals surface area contributed by atoms with Crippen molar-refractivity contribution < 1.29 is 5.11 Å². The Hall–Kier alpha value is -1.64. The number of fused-ring (bicyclic) bond motifs is 1. The van der Waals surface area contributed by atoms with Crippen molar-refractivity contribution in [1.29, 1.82) is 0 Å². The fraction of sp³-hybridized carbons (Fsp3) is 0. The lowest BCUT2D eigenvalue weighted by Crippen LogP contribution is -1.78. The minimum Gasteiger partial charge on any atom is -0.507 e. The van der Waals surface area contributed by atoms with Gasteiger partial charge in [0.2, 0.25) is 0 Å². The maximum Gasteiger partial charge on any atom is 0.126 e. The number of benzene rings is 2. The molecule has 3 rings (SSSR count). The van der Waals surface area contributed by atoms with Gasteiger partial charge in [-0.05, 0) is 42.5 Å². The number of aromatic hydroxyl groups is 1. The van der Waals surface area contributed by atoms with Crippen molar-refractivity contribution in [3.8, 4) is 17.0 Å². The van der Waals surface area contributed by atoms with E-state index in [1.807, 2.05) is 24.3 Å². The Labute approximate surface area is 114 Å². The number of aromatic amines is 1. The van der Waals surface area contributed by atoms with Crippen LogP contribution in [0.15, 0.2) is 42.5 Å². The Kier molecular flexibility index (Phi) is 2.69. The molecule has 1 aromatic heterocycles. The molecule has 0 atom stereocenters. The van der Waals surface area contributed by atoms with Gasteiger partial charge in [-0.2, -0.15) is 0 Å². The Morgan fingerprint density at radius 2 is 1.61 bits per heavy atom. The highest BCUT2D eigenvalue weighted by atomic mass is 35.5. The second kappa shape index (κ2) is 4.23. The fourth-order valence-corrected chi connectivity index (χ4v) is 2.33. The van der Waals surface area contributed by atoms with Gasteiger partial charge in [-0.25, -0.2) is 0 Å². The van der Waals surface area contributed by atoms with E-state index in [1.165, 1.54) is 6.07 Å². The van der Waals surface area contributed by atoms with E-state index in [2.05, 4.69) is 4.98 Å². The summed E-state index contributed by atoms with van der Waals surface area (Å²) in [5, 5.41) is 12.1. The zero-order valence-corrected chi connectivity index (χ0v) is 10.8. The van der Waals surface area contributed by atoms with Crippen molar-refractivity contribution in [2.24, 2.45) is 0 Å². The van der Waals surface area contributed by atoms with Crippen LogP contribution in [0.3, 0.4) is 0 Å². The Morgan fingerprint density at radius 1 is 0.889 bits per heavy atom. The topological polar surface area (TPSA) is 36.0 Å². The van der Waals surface area contributed by atoms with Gasteiger partial charge in [-0.1, -0.05) is 23.2 Å². The molecule has 0 fully saturated rings. The Morgan fingerprint density at radius 3 is 2.39 bits per heavy atom. The van der Waals surface area contributed by atoms with Crippen molar-refractivity contribution in [1.82, 2.24) is 4.98 Å². The number of nitrogens with one attached hydrogen (secondary N) is 1. The van der Waals surface area contributed by atoms with Crippen LogP contribution in [0.4, 0.5) is 0 Å². The maximum atomic E-state index is 9.89. The van der Waals surface area contributed by atoms with Gasteiger partial charge < -0.3 is 10.1 Å².